The molecule has 1 atom stereocenters. The summed E-state index contributed by atoms with van der Waals surface area (Å²) in [4.78, 5) is 14.4. The molecule has 0 aliphatic carbocycles. The molecule has 0 aliphatic heterocycles. The molecule has 2 rings (SSSR count). The van der Waals surface area contributed by atoms with E-state index in [1.807, 2.05) is 67.5 Å². The highest BCUT2D eigenvalue weighted by Gasteiger charge is 2.19. The van der Waals surface area contributed by atoms with Crippen molar-refractivity contribution in [3.05, 3.63) is 65.7 Å². The van der Waals surface area contributed by atoms with Crippen LogP contribution in [0.15, 0.2) is 54.6 Å². The third-order valence-electron chi connectivity index (χ3n) is 3.47. The average molecular weight is 298 g/mol. The number of carbonyl (C=O) groups excluding carboxylic acids is 1. The molecular weight excluding hydrogens is 276 g/mol. The maximum absolute atomic E-state index is 12.3. The van der Waals surface area contributed by atoms with Crippen molar-refractivity contribution < 1.29 is 9.53 Å². The van der Waals surface area contributed by atoms with Crippen LogP contribution in [0.2, 0.25) is 0 Å². The first-order chi connectivity index (χ1) is 10.6. The Labute approximate surface area is 131 Å². The van der Waals surface area contributed by atoms with Crippen molar-refractivity contribution in [3.8, 4) is 0 Å². The number of amides is 1. The molecule has 0 fully saturated rings. The fourth-order valence-electron chi connectivity index (χ4n) is 2.25. The minimum atomic E-state index is -0.585. The maximum atomic E-state index is 12.3. The second kappa shape index (κ2) is 7.61. The largest absolute Gasteiger partial charge is 0.378 e. The minimum Gasteiger partial charge on any atom is -0.378 e. The standard InChI is InChI=1S/C18H22N2O2/c1-20(2)16-11-7-8-14(12-16)13-19-18(21)17(22-3)15-9-5-4-6-10-15/h4-12,17H,13H2,1-3H3,(H,19,21). The van der Waals surface area contributed by atoms with Gasteiger partial charge in [0.2, 0.25) is 0 Å². The van der Waals surface area contributed by atoms with E-state index in [0.717, 1.165) is 16.8 Å². The molecule has 4 nitrogen and oxygen atoms in total. The summed E-state index contributed by atoms with van der Waals surface area (Å²) >= 11 is 0. The quantitative estimate of drug-likeness (QED) is 0.891. The van der Waals surface area contributed by atoms with Crippen molar-refractivity contribution in [3.63, 3.8) is 0 Å². The van der Waals surface area contributed by atoms with Crippen molar-refractivity contribution in [1.82, 2.24) is 5.32 Å². The van der Waals surface area contributed by atoms with Gasteiger partial charge in [0.1, 0.15) is 0 Å². The monoisotopic (exact) mass is 298 g/mol. The van der Waals surface area contributed by atoms with Crippen LogP contribution in [0.3, 0.4) is 0 Å². The van der Waals surface area contributed by atoms with Gasteiger partial charge >= 0.3 is 0 Å². The molecular formula is C18H22N2O2. The van der Waals surface area contributed by atoms with Crippen LogP contribution in [-0.4, -0.2) is 27.1 Å². The summed E-state index contributed by atoms with van der Waals surface area (Å²) in [5.74, 6) is -0.135. The summed E-state index contributed by atoms with van der Waals surface area (Å²) in [5.41, 5.74) is 3.02. The Morgan fingerprint density at radius 3 is 2.50 bits per heavy atom. The summed E-state index contributed by atoms with van der Waals surface area (Å²) in [6.45, 7) is 0.479. The Morgan fingerprint density at radius 2 is 1.86 bits per heavy atom. The van der Waals surface area contributed by atoms with Gasteiger partial charge in [-0.1, -0.05) is 42.5 Å². The Bertz CT molecular complexity index is 611. The van der Waals surface area contributed by atoms with Crippen LogP contribution in [-0.2, 0) is 16.1 Å². The zero-order valence-electron chi connectivity index (χ0n) is 13.2. The predicted molar refractivity (Wildman–Crippen MR) is 88.8 cm³/mol. The first-order valence-corrected chi connectivity index (χ1v) is 7.23. The number of carbonyl (C=O) groups is 1. The third-order valence-corrected chi connectivity index (χ3v) is 3.47. The lowest BCUT2D eigenvalue weighted by Crippen LogP contribution is -2.30. The summed E-state index contributed by atoms with van der Waals surface area (Å²) in [7, 11) is 5.53. The van der Waals surface area contributed by atoms with Crippen molar-refractivity contribution in [1.29, 1.82) is 0 Å². The molecule has 0 saturated heterocycles. The van der Waals surface area contributed by atoms with Crippen molar-refractivity contribution >= 4 is 11.6 Å². The fourth-order valence-corrected chi connectivity index (χ4v) is 2.25. The molecule has 1 N–H and O–H groups in total. The zero-order valence-corrected chi connectivity index (χ0v) is 13.2. The molecule has 22 heavy (non-hydrogen) atoms. The Hall–Kier alpha value is -2.33. The van der Waals surface area contributed by atoms with Gasteiger partial charge in [0, 0.05) is 33.4 Å². The number of methoxy groups -OCH3 is 1. The topological polar surface area (TPSA) is 41.6 Å². The van der Waals surface area contributed by atoms with Gasteiger partial charge in [0.15, 0.2) is 6.10 Å². The lowest BCUT2D eigenvalue weighted by molar-refractivity contribution is -0.131. The van der Waals surface area contributed by atoms with Crippen molar-refractivity contribution in [2.75, 3.05) is 26.1 Å². The predicted octanol–water partition coefficient (Wildman–Crippen LogP) is 2.76. The van der Waals surface area contributed by atoms with E-state index in [4.69, 9.17) is 4.74 Å². The van der Waals surface area contributed by atoms with Gasteiger partial charge in [-0.15, -0.1) is 0 Å². The second-order valence-corrected chi connectivity index (χ2v) is 5.31. The van der Waals surface area contributed by atoms with Gasteiger partial charge in [-0.2, -0.15) is 0 Å². The smallest absolute Gasteiger partial charge is 0.254 e. The van der Waals surface area contributed by atoms with Gasteiger partial charge in [0.25, 0.3) is 5.91 Å². The highest BCUT2D eigenvalue weighted by atomic mass is 16.5. The molecule has 0 radical (unpaired) electrons. The molecule has 0 saturated carbocycles. The molecule has 0 spiro atoms. The van der Waals surface area contributed by atoms with Gasteiger partial charge in [-0.05, 0) is 23.3 Å². The first-order valence-electron chi connectivity index (χ1n) is 7.23. The van der Waals surface area contributed by atoms with Crippen LogP contribution >= 0.6 is 0 Å². The Morgan fingerprint density at radius 1 is 1.14 bits per heavy atom. The number of anilines is 1. The number of hydrogen-bond donors (Lipinski definition) is 1. The van der Waals surface area contributed by atoms with Gasteiger partial charge < -0.3 is 15.0 Å². The lowest BCUT2D eigenvalue weighted by atomic mass is 10.1. The summed E-state index contributed by atoms with van der Waals surface area (Å²) < 4.78 is 5.33. The van der Waals surface area contributed by atoms with Crippen LogP contribution in [0.1, 0.15) is 17.2 Å². The van der Waals surface area contributed by atoms with E-state index in [1.165, 1.54) is 0 Å². The molecule has 4 heteroatoms. The molecule has 116 valence electrons. The van der Waals surface area contributed by atoms with E-state index in [9.17, 15) is 4.79 Å². The van der Waals surface area contributed by atoms with Crippen LogP contribution in [0.25, 0.3) is 0 Å². The molecule has 1 amide bonds. The van der Waals surface area contributed by atoms with Crippen molar-refractivity contribution in [2.24, 2.45) is 0 Å². The Kier molecular flexibility index (Phi) is 5.55. The highest BCUT2D eigenvalue weighted by Crippen LogP contribution is 2.17. The van der Waals surface area contributed by atoms with Gasteiger partial charge in [0.05, 0.1) is 0 Å². The van der Waals surface area contributed by atoms with Crippen LogP contribution in [0.5, 0.6) is 0 Å². The van der Waals surface area contributed by atoms with E-state index >= 15 is 0 Å². The molecule has 0 heterocycles. The molecule has 0 aromatic heterocycles. The van der Waals surface area contributed by atoms with Crippen molar-refractivity contribution in [2.45, 2.75) is 12.6 Å². The SMILES string of the molecule is COC(C(=O)NCc1cccc(N(C)C)c1)c1ccccc1. The number of nitrogens with zero attached hydrogens (tertiary/aromatic N) is 1. The van der Waals surface area contributed by atoms with Crippen LogP contribution in [0, 0.1) is 0 Å². The number of ether oxygens (including phenoxy) is 1. The Balaban J connectivity index is 2.01. The summed E-state index contributed by atoms with van der Waals surface area (Å²) in [6.07, 6.45) is -0.585. The molecule has 1 unspecified atom stereocenters. The third kappa shape index (κ3) is 4.09. The molecule has 0 bridgehead atoms. The molecule has 2 aromatic carbocycles. The second-order valence-electron chi connectivity index (χ2n) is 5.31. The molecule has 2 aromatic rings. The number of rotatable bonds is 6. The summed E-state index contributed by atoms with van der Waals surface area (Å²) in [6, 6.07) is 17.6. The minimum absolute atomic E-state index is 0.135. The fraction of sp³-hybridized carbons (Fsp3) is 0.278. The lowest BCUT2D eigenvalue weighted by Gasteiger charge is -2.17. The van der Waals surface area contributed by atoms with Crippen LogP contribution in [0.4, 0.5) is 5.69 Å². The molecule has 0 aliphatic rings. The zero-order chi connectivity index (χ0) is 15.9. The maximum Gasteiger partial charge on any atom is 0.254 e. The van der Waals surface area contributed by atoms with Gasteiger partial charge in [-0.3, -0.25) is 4.79 Å². The number of benzene rings is 2. The van der Waals surface area contributed by atoms with E-state index in [2.05, 4.69) is 11.4 Å². The normalized spacial score (nSPS) is 11.8. The van der Waals surface area contributed by atoms with E-state index < -0.39 is 6.10 Å². The van der Waals surface area contributed by atoms with E-state index in [1.54, 1.807) is 7.11 Å². The van der Waals surface area contributed by atoms with E-state index in [-0.39, 0.29) is 5.91 Å². The number of nitrogens with one attached hydrogen (secondary N) is 1. The highest BCUT2D eigenvalue weighted by molar-refractivity contribution is 5.82. The average Bonchev–Trinajstić information content (AvgIpc) is 2.55. The van der Waals surface area contributed by atoms with E-state index in [0.29, 0.717) is 6.54 Å². The summed E-state index contributed by atoms with van der Waals surface area (Å²) in [5, 5.41) is 2.93. The van der Waals surface area contributed by atoms with Gasteiger partial charge in [-0.25, -0.2) is 0 Å². The first kappa shape index (κ1) is 16.0. The van der Waals surface area contributed by atoms with Crippen LogP contribution < -0.4 is 10.2 Å². The number of hydrogen-bond acceptors (Lipinski definition) is 3.